The van der Waals surface area contributed by atoms with Gasteiger partial charge in [0.05, 0.1) is 22.1 Å². The number of benzene rings is 4. The van der Waals surface area contributed by atoms with Crippen molar-refractivity contribution in [3.05, 3.63) is 117 Å². The van der Waals surface area contributed by atoms with E-state index in [9.17, 15) is 9.59 Å². The highest BCUT2D eigenvalue weighted by Gasteiger charge is 2.22. The molecule has 180 valence electrons. The minimum Gasteiger partial charge on any atom is -0.410 e. The summed E-state index contributed by atoms with van der Waals surface area (Å²) >= 11 is 0. The highest BCUT2D eigenvalue weighted by Crippen LogP contribution is 2.37. The van der Waals surface area contributed by atoms with Crippen molar-refractivity contribution in [2.45, 2.75) is 13.8 Å². The van der Waals surface area contributed by atoms with Crippen LogP contribution in [0.4, 0.5) is 0 Å². The molecular weight excluding hydrogens is 460 g/mol. The molecule has 5 heteroatoms. The number of hydrogen-bond acceptors (Lipinski definition) is 3. The molecule has 3 heterocycles. The highest BCUT2D eigenvalue weighted by molar-refractivity contribution is 6.22. The van der Waals surface area contributed by atoms with Crippen LogP contribution in [0.25, 0.3) is 67.3 Å². The first kappa shape index (κ1) is 22.6. The van der Waals surface area contributed by atoms with Crippen molar-refractivity contribution in [2.24, 2.45) is 0 Å². The van der Waals surface area contributed by atoms with E-state index < -0.39 is 5.76 Å². The summed E-state index contributed by atoms with van der Waals surface area (Å²) in [5, 5.41) is 3.28. The SMILES string of the molecule is C=Cc1ccc2c(=O)c3ccc4c(c5ccccc5n4-c4ccccc4)c3n3c(=O)oc(=C)c1c23.CC. The van der Waals surface area contributed by atoms with Gasteiger partial charge in [-0.25, -0.2) is 9.20 Å². The van der Waals surface area contributed by atoms with Crippen molar-refractivity contribution in [1.29, 1.82) is 0 Å². The van der Waals surface area contributed by atoms with Gasteiger partial charge in [-0.2, -0.15) is 0 Å². The van der Waals surface area contributed by atoms with Crippen molar-refractivity contribution < 1.29 is 4.42 Å². The third-order valence-corrected chi connectivity index (χ3v) is 6.86. The molecule has 4 aromatic carbocycles. The third kappa shape index (κ3) is 2.97. The number of fused-ring (bicyclic) bond motifs is 6. The van der Waals surface area contributed by atoms with Gasteiger partial charge in [0.25, 0.3) is 0 Å². The van der Waals surface area contributed by atoms with Gasteiger partial charge in [-0.15, -0.1) is 0 Å². The maximum Gasteiger partial charge on any atom is 0.424 e. The van der Waals surface area contributed by atoms with Crippen LogP contribution in [0.1, 0.15) is 19.4 Å². The molecule has 7 rings (SSSR count). The molecule has 0 aliphatic heterocycles. The molecule has 0 amide bonds. The monoisotopic (exact) mass is 484 g/mol. The fourth-order valence-electron chi connectivity index (χ4n) is 5.44. The minimum absolute atomic E-state index is 0.135. The van der Waals surface area contributed by atoms with Crippen LogP contribution in [0, 0.1) is 0 Å². The van der Waals surface area contributed by atoms with Crippen LogP contribution in [0.5, 0.6) is 0 Å². The first-order valence-electron chi connectivity index (χ1n) is 12.3. The Hall–Kier alpha value is -4.90. The summed E-state index contributed by atoms with van der Waals surface area (Å²) in [5.41, 5.74) is 4.74. The van der Waals surface area contributed by atoms with E-state index in [4.69, 9.17) is 4.42 Å². The zero-order chi connectivity index (χ0) is 25.8. The summed E-state index contributed by atoms with van der Waals surface area (Å²) in [6, 6.07) is 25.4. The molecule has 0 radical (unpaired) electrons. The molecule has 0 fully saturated rings. The van der Waals surface area contributed by atoms with Gasteiger partial charge in [0.2, 0.25) is 0 Å². The molecule has 37 heavy (non-hydrogen) atoms. The smallest absolute Gasteiger partial charge is 0.410 e. The van der Waals surface area contributed by atoms with Gasteiger partial charge in [-0.1, -0.05) is 75.5 Å². The van der Waals surface area contributed by atoms with Gasteiger partial charge in [0.1, 0.15) is 5.42 Å². The molecule has 7 aromatic rings. The van der Waals surface area contributed by atoms with E-state index in [0.717, 1.165) is 33.1 Å². The fraction of sp³-hybridized carbons (Fsp3) is 0.0625. The molecule has 0 aliphatic rings. The number of para-hydroxylation sites is 2. The normalized spacial score (nSPS) is 11.4. The Morgan fingerprint density at radius 3 is 2.11 bits per heavy atom. The summed E-state index contributed by atoms with van der Waals surface area (Å²) < 4.78 is 9.31. The van der Waals surface area contributed by atoms with Gasteiger partial charge < -0.3 is 8.98 Å². The summed E-state index contributed by atoms with van der Waals surface area (Å²) in [4.78, 5) is 27.2. The predicted molar refractivity (Wildman–Crippen MR) is 154 cm³/mol. The lowest BCUT2D eigenvalue weighted by Gasteiger charge is -2.13. The van der Waals surface area contributed by atoms with Gasteiger partial charge in [-0.3, -0.25) is 4.79 Å². The van der Waals surface area contributed by atoms with E-state index in [2.05, 4.69) is 17.7 Å². The number of rotatable bonds is 2. The summed E-state index contributed by atoms with van der Waals surface area (Å²) in [6.07, 6.45) is 1.68. The van der Waals surface area contributed by atoms with Crippen LogP contribution >= 0.6 is 0 Å². The highest BCUT2D eigenvalue weighted by atomic mass is 16.4. The third-order valence-electron chi connectivity index (χ3n) is 6.86. The molecule has 0 atom stereocenters. The molecule has 0 unspecified atom stereocenters. The first-order valence-corrected chi connectivity index (χ1v) is 12.3. The topological polar surface area (TPSA) is 56.6 Å². The van der Waals surface area contributed by atoms with E-state index in [1.807, 2.05) is 80.6 Å². The lowest BCUT2D eigenvalue weighted by Crippen LogP contribution is -2.24. The fourth-order valence-corrected chi connectivity index (χ4v) is 5.44. The molecule has 0 aliphatic carbocycles. The van der Waals surface area contributed by atoms with E-state index in [1.54, 1.807) is 18.2 Å². The van der Waals surface area contributed by atoms with Crippen molar-refractivity contribution in [1.82, 2.24) is 8.97 Å². The Labute approximate surface area is 211 Å². The summed E-state index contributed by atoms with van der Waals surface area (Å²) in [7, 11) is 0. The van der Waals surface area contributed by atoms with Crippen LogP contribution in [0.3, 0.4) is 0 Å². The van der Waals surface area contributed by atoms with Gasteiger partial charge in [0, 0.05) is 32.6 Å². The largest absolute Gasteiger partial charge is 0.424 e. The number of aromatic nitrogens is 2. The first-order chi connectivity index (χ1) is 18.1. The lowest BCUT2D eigenvalue weighted by atomic mass is 10.0. The predicted octanol–water partition coefficient (Wildman–Crippen LogP) is 6.45. The van der Waals surface area contributed by atoms with E-state index >= 15 is 0 Å². The Balaban J connectivity index is 0.00000123. The van der Waals surface area contributed by atoms with Crippen LogP contribution in [-0.4, -0.2) is 8.97 Å². The van der Waals surface area contributed by atoms with E-state index in [-0.39, 0.29) is 10.8 Å². The van der Waals surface area contributed by atoms with Gasteiger partial charge in [-0.05, 0) is 42.0 Å². The van der Waals surface area contributed by atoms with Crippen molar-refractivity contribution in [3.8, 4) is 5.69 Å². The van der Waals surface area contributed by atoms with Gasteiger partial charge >= 0.3 is 5.76 Å². The van der Waals surface area contributed by atoms with Crippen LogP contribution in [0.2, 0.25) is 0 Å². The quantitative estimate of drug-likeness (QED) is 0.209. The Kier molecular flexibility index (Phi) is 5.09. The Morgan fingerprint density at radius 2 is 1.38 bits per heavy atom. The summed E-state index contributed by atoms with van der Waals surface area (Å²) in [5.74, 6) is -0.581. The molecule has 0 saturated carbocycles. The average molecular weight is 485 g/mol. The Bertz CT molecular complexity index is 2180. The molecular formula is C32H24N2O3. The zero-order valence-corrected chi connectivity index (χ0v) is 20.6. The maximum atomic E-state index is 13.8. The number of pyridine rings is 1. The molecule has 5 nitrogen and oxygen atoms in total. The molecule has 0 spiro atoms. The van der Waals surface area contributed by atoms with Crippen molar-refractivity contribution in [3.63, 3.8) is 0 Å². The lowest BCUT2D eigenvalue weighted by molar-refractivity contribution is 0.457. The second-order valence-electron chi connectivity index (χ2n) is 8.63. The minimum atomic E-state index is -0.581. The van der Waals surface area contributed by atoms with Crippen LogP contribution in [0.15, 0.2) is 99.4 Å². The van der Waals surface area contributed by atoms with Crippen LogP contribution in [-0.2, 0) is 0 Å². The molecule has 3 aromatic heterocycles. The second kappa shape index (κ2) is 8.35. The van der Waals surface area contributed by atoms with Gasteiger partial charge in [0.15, 0.2) is 5.43 Å². The standard InChI is InChI=1S/C30H18N2O3.C2H6/c1-3-18-13-14-21-27-25(18)17(2)35-30(34)32(27)28-22(29(21)33)15-16-24-26(28)20-11-7-8-12-23(20)31(24)19-9-5-4-6-10-19;1-2/h3-16H,1-2H2;1-2H3. The van der Waals surface area contributed by atoms with Crippen molar-refractivity contribution >= 4 is 61.7 Å². The number of nitrogens with zero attached hydrogens (tertiary/aromatic N) is 2. The molecule has 0 bridgehead atoms. The Morgan fingerprint density at radius 1 is 0.730 bits per heavy atom. The van der Waals surface area contributed by atoms with E-state index in [1.165, 1.54) is 4.40 Å². The second-order valence-corrected chi connectivity index (χ2v) is 8.63. The van der Waals surface area contributed by atoms with Crippen molar-refractivity contribution in [2.75, 3.05) is 0 Å². The maximum absolute atomic E-state index is 13.8. The van der Waals surface area contributed by atoms with Crippen LogP contribution < -0.4 is 16.6 Å². The summed E-state index contributed by atoms with van der Waals surface area (Å²) in [6.45, 7) is 11.8. The molecule has 0 N–H and O–H groups in total. The number of hydrogen-bond donors (Lipinski definition) is 0. The van der Waals surface area contributed by atoms with E-state index in [0.29, 0.717) is 27.2 Å². The molecule has 0 saturated heterocycles. The average Bonchev–Trinajstić information content (AvgIpc) is 3.28. The zero-order valence-electron chi connectivity index (χ0n) is 20.6.